The van der Waals surface area contributed by atoms with E-state index >= 15 is 0 Å². The van der Waals surface area contributed by atoms with Gasteiger partial charge in [0.05, 0.1) is 5.41 Å². The molecule has 1 spiro atoms. The summed E-state index contributed by atoms with van der Waals surface area (Å²) in [5, 5.41) is 21.8. The lowest BCUT2D eigenvalue weighted by atomic mass is 9.77. The maximum Gasteiger partial charge on any atom is 0.121 e. The minimum atomic E-state index is -0.714. The van der Waals surface area contributed by atoms with Gasteiger partial charge in [0.25, 0.3) is 0 Å². The lowest BCUT2D eigenvalue weighted by Gasteiger charge is -2.26. The van der Waals surface area contributed by atoms with Crippen molar-refractivity contribution < 1.29 is 10.2 Å². The van der Waals surface area contributed by atoms with E-state index in [1.165, 1.54) is 0 Å². The normalized spacial score (nSPS) is 16.5. The van der Waals surface area contributed by atoms with Crippen molar-refractivity contribution in [1.29, 1.82) is 0 Å². The summed E-state index contributed by atoms with van der Waals surface area (Å²) >= 11 is 12.5. The van der Waals surface area contributed by atoms with Crippen LogP contribution in [-0.4, -0.2) is 10.2 Å². The topological polar surface area (TPSA) is 40.5 Å². The molecule has 21 heavy (non-hydrogen) atoms. The third-order valence-electron chi connectivity index (χ3n) is 4.19. The van der Waals surface area contributed by atoms with Crippen molar-refractivity contribution in [3.05, 3.63) is 68.7 Å². The molecule has 2 aliphatic carbocycles. The number of phenolic OH excluding ortho intramolecular Hbond substituents is 2. The fourth-order valence-electron chi connectivity index (χ4n) is 3.30. The molecular formula is C17H10Cl2O2. The first kappa shape index (κ1) is 12.8. The molecule has 0 atom stereocenters. The average Bonchev–Trinajstić information content (AvgIpc) is 3.04. The molecule has 0 radical (unpaired) electrons. The van der Waals surface area contributed by atoms with E-state index in [0.29, 0.717) is 21.2 Å². The first-order valence-corrected chi connectivity index (χ1v) is 7.22. The van der Waals surface area contributed by atoms with E-state index in [-0.39, 0.29) is 11.5 Å². The highest BCUT2D eigenvalue weighted by molar-refractivity contribution is 6.33. The van der Waals surface area contributed by atoms with Gasteiger partial charge in [0, 0.05) is 32.3 Å². The summed E-state index contributed by atoms with van der Waals surface area (Å²) in [6.45, 7) is 0. The van der Waals surface area contributed by atoms with Crippen LogP contribution in [0.2, 0.25) is 10.0 Å². The number of hydrogen-bond donors (Lipinski definition) is 2. The number of halogens is 2. The van der Waals surface area contributed by atoms with Gasteiger partial charge in [-0.1, -0.05) is 47.5 Å². The van der Waals surface area contributed by atoms with Crippen LogP contribution in [0.1, 0.15) is 22.3 Å². The molecule has 0 heterocycles. The van der Waals surface area contributed by atoms with Crippen LogP contribution in [0.4, 0.5) is 0 Å². The molecule has 4 rings (SSSR count). The number of aromatic hydroxyl groups is 2. The van der Waals surface area contributed by atoms with E-state index in [1.54, 1.807) is 24.3 Å². The van der Waals surface area contributed by atoms with Gasteiger partial charge >= 0.3 is 0 Å². The van der Waals surface area contributed by atoms with Crippen molar-refractivity contribution in [2.45, 2.75) is 5.41 Å². The molecule has 2 N–H and O–H groups in total. The van der Waals surface area contributed by atoms with Crippen LogP contribution in [0.3, 0.4) is 0 Å². The maximum absolute atomic E-state index is 10.3. The molecule has 0 fully saturated rings. The van der Waals surface area contributed by atoms with Gasteiger partial charge in [-0.25, -0.2) is 0 Å². The zero-order valence-corrected chi connectivity index (χ0v) is 12.3. The molecular weight excluding hydrogens is 307 g/mol. The van der Waals surface area contributed by atoms with Crippen molar-refractivity contribution in [2.24, 2.45) is 0 Å². The van der Waals surface area contributed by atoms with Crippen LogP contribution in [0, 0.1) is 0 Å². The summed E-state index contributed by atoms with van der Waals surface area (Å²) in [4.78, 5) is 0. The van der Waals surface area contributed by atoms with Crippen molar-refractivity contribution in [3.63, 3.8) is 0 Å². The zero-order valence-electron chi connectivity index (χ0n) is 10.8. The zero-order chi connectivity index (χ0) is 14.8. The number of benzene rings is 2. The highest BCUT2D eigenvalue weighted by Gasteiger charge is 2.43. The Morgan fingerprint density at radius 2 is 1.14 bits per heavy atom. The van der Waals surface area contributed by atoms with Crippen molar-refractivity contribution in [1.82, 2.24) is 0 Å². The SMILES string of the molecule is Oc1ccc(Cl)c2c1C1(C=C2)C=Cc2c(Cl)ccc(O)c21. The molecule has 0 saturated heterocycles. The van der Waals surface area contributed by atoms with Crippen molar-refractivity contribution in [2.75, 3.05) is 0 Å². The minimum Gasteiger partial charge on any atom is -0.508 e. The molecule has 0 amide bonds. The monoisotopic (exact) mass is 316 g/mol. The predicted octanol–water partition coefficient (Wildman–Crippen LogP) is 4.74. The van der Waals surface area contributed by atoms with Crippen molar-refractivity contribution >= 4 is 35.4 Å². The molecule has 0 bridgehead atoms. The smallest absolute Gasteiger partial charge is 0.121 e. The number of fused-ring (bicyclic) bond motifs is 4. The molecule has 4 heteroatoms. The highest BCUT2D eigenvalue weighted by atomic mass is 35.5. The summed E-state index contributed by atoms with van der Waals surface area (Å²) in [6, 6.07) is 6.47. The quantitative estimate of drug-likeness (QED) is 0.736. The van der Waals surface area contributed by atoms with Gasteiger partial charge in [0.15, 0.2) is 0 Å². The van der Waals surface area contributed by atoms with Crippen LogP contribution in [0.15, 0.2) is 36.4 Å². The maximum atomic E-state index is 10.3. The molecule has 2 nitrogen and oxygen atoms in total. The third-order valence-corrected chi connectivity index (χ3v) is 4.85. The van der Waals surface area contributed by atoms with Crippen LogP contribution >= 0.6 is 23.2 Å². The lowest BCUT2D eigenvalue weighted by molar-refractivity contribution is 0.453. The second-order valence-electron chi connectivity index (χ2n) is 5.25. The summed E-state index contributed by atoms with van der Waals surface area (Å²) in [7, 11) is 0. The Labute approximate surface area is 131 Å². The van der Waals surface area contributed by atoms with E-state index in [0.717, 1.165) is 11.1 Å². The fourth-order valence-corrected chi connectivity index (χ4v) is 3.75. The van der Waals surface area contributed by atoms with E-state index in [4.69, 9.17) is 23.2 Å². The number of rotatable bonds is 0. The second kappa shape index (κ2) is 4.06. The Kier molecular flexibility index (Phi) is 2.48. The molecule has 0 saturated carbocycles. The molecule has 2 aromatic rings. The number of allylic oxidation sites excluding steroid dienone is 2. The molecule has 2 aromatic carbocycles. The molecule has 2 aliphatic rings. The van der Waals surface area contributed by atoms with E-state index in [1.807, 2.05) is 24.3 Å². The molecule has 104 valence electrons. The van der Waals surface area contributed by atoms with Gasteiger partial charge in [0.2, 0.25) is 0 Å². The first-order chi connectivity index (χ1) is 10.0. The summed E-state index contributed by atoms with van der Waals surface area (Å²) in [5.41, 5.74) is 2.20. The molecule has 0 aliphatic heterocycles. The average molecular weight is 317 g/mol. The number of hydrogen-bond acceptors (Lipinski definition) is 2. The summed E-state index contributed by atoms with van der Waals surface area (Å²) in [6.07, 6.45) is 7.61. The molecule has 0 aromatic heterocycles. The van der Waals surface area contributed by atoms with Crippen LogP contribution in [0.25, 0.3) is 12.2 Å². The molecule has 0 unspecified atom stereocenters. The van der Waals surface area contributed by atoms with Gasteiger partial charge in [-0.15, -0.1) is 0 Å². The third kappa shape index (κ3) is 1.49. The Morgan fingerprint density at radius 1 is 0.714 bits per heavy atom. The lowest BCUT2D eigenvalue weighted by Crippen LogP contribution is -2.19. The van der Waals surface area contributed by atoms with Gasteiger partial charge in [-0.05, 0) is 24.3 Å². The Morgan fingerprint density at radius 3 is 1.57 bits per heavy atom. The number of phenols is 2. The fraction of sp³-hybridized carbons (Fsp3) is 0.0588. The van der Waals surface area contributed by atoms with Gasteiger partial charge < -0.3 is 10.2 Å². The summed E-state index contributed by atoms with van der Waals surface area (Å²) < 4.78 is 0. The Hall–Kier alpha value is -1.90. The standard InChI is InChI=1S/C17H10Cl2O2/c18-11-1-3-13(20)15-9(11)5-7-17(15)8-6-10-12(19)2-4-14(21)16(10)17/h1-8,20-21H. The largest absolute Gasteiger partial charge is 0.508 e. The second-order valence-corrected chi connectivity index (χ2v) is 6.06. The van der Waals surface area contributed by atoms with E-state index < -0.39 is 5.41 Å². The first-order valence-electron chi connectivity index (χ1n) is 6.47. The van der Waals surface area contributed by atoms with Crippen LogP contribution < -0.4 is 0 Å². The Balaban J connectivity index is 2.11. The predicted molar refractivity (Wildman–Crippen MR) is 85.1 cm³/mol. The van der Waals surface area contributed by atoms with Gasteiger partial charge in [0.1, 0.15) is 11.5 Å². The van der Waals surface area contributed by atoms with E-state index in [2.05, 4.69) is 0 Å². The van der Waals surface area contributed by atoms with Crippen LogP contribution in [0.5, 0.6) is 11.5 Å². The van der Waals surface area contributed by atoms with Gasteiger partial charge in [-0.2, -0.15) is 0 Å². The van der Waals surface area contributed by atoms with E-state index in [9.17, 15) is 10.2 Å². The van der Waals surface area contributed by atoms with Crippen LogP contribution in [-0.2, 0) is 5.41 Å². The highest BCUT2D eigenvalue weighted by Crippen LogP contribution is 2.55. The van der Waals surface area contributed by atoms with Crippen molar-refractivity contribution in [3.8, 4) is 11.5 Å². The van der Waals surface area contributed by atoms with Gasteiger partial charge in [-0.3, -0.25) is 0 Å². The minimum absolute atomic E-state index is 0.149. The summed E-state index contributed by atoms with van der Waals surface area (Å²) in [5.74, 6) is 0.299. The Bertz CT molecular complexity index is 779.